The number of carbonyl (C=O) groups is 1. The number of rotatable bonds is 8. The Balaban J connectivity index is 2.32. The van der Waals surface area contributed by atoms with Crippen LogP contribution in [0, 0.1) is 0 Å². The number of nitrogens with one attached hydrogen (secondary N) is 1. The number of aromatic nitrogens is 2. The van der Waals surface area contributed by atoms with E-state index in [1.807, 2.05) is 13.8 Å². The van der Waals surface area contributed by atoms with Gasteiger partial charge in [-0.1, -0.05) is 39.5 Å². The molecule has 1 aliphatic heterocycles. The normalized spacial score (nSPS) is 15.8. The summed E-state index contributed by atoms with van der Waals surface area (Å²) in [6.07, 6.45) is 8.18. The molecule has 0 atom stereocenters. The van der Waals surface area contributed by atoms with Crippen molar-refractivity contribution in [3.8, 4) is 0 Å². The number of amides is 1. The van der Waals surface area contributed by atoms with E-state index < -0.39 is 11.2 Å². The number of nitrogens with two attached hydrogens (primary N) is 1. The Morgan fingerprint density at radius 1 is 1.07 bits per heavy atom. The second kappa shape index (κ2) is 11.0. The molecule has 1 aromatic rings. The summed E-state index contributed by atoms with van der Waals surface area (Å²) in [5, 5.41) is 0. The summed E-state index contributed by atoms with van der Waals surface area (Å²) in [5.74, 6) is -0.0550. The number of likely N-dealkylation sites (tertiary alicyclic amines) is 1. The molecule has 0 saturated carbocycles. The van der Waals surface area contributed by atoms with Crippen LogP contribution in [0.15, 0.2) is 9.59 Å². The molecule has 2 rings (SSSR count). The lowest BCUT2D eigenvalue weighted by atomic mass is 10.1. The molecular formula is C20H35N5O3. The van der Waals surface area contributed by atoms with Gasteiger partial charge < -0.3 is 10.6 Å². The summed E-state index contributed by atoms with van der Waals surface area (Å²) < 4.78 is 1.35. The third kappa shape index (κ3) is 5.70. The third-order valence-electron chi connectivity index (χ3n) is 5.28. The molecule has 8 heteroatoms. The number of nitrogens with zero attached hydrogens (tertiary/aromatic N) is 3. The maximum Gasteiger partial charge on any atom is 0.330 e. The molecule has 0 bridgehead atoms. The lowest BCUT2D eigenvalue weighted by molar-refractivity contribution is -0.119. The van der Waals surface area contributed by atoms with Crippen molar-refractivity contribution in [2.75, 3.05) is 36.8 Å². The van der Waals surface area contributed by atoms with Gasteiger partial charge >= 0.3 is 5.69 Å². The lowest BCUT2D eigenvalue weighted by Crippen LogP contribution is -2.46. The van der Waals surface area contributed by atoms with Crippen LogP contribution >= 0.6 is 0 Å². The van der Waals surface area contributed by atoms with Gasteiger partial charge in [0.1, 0.15) is 5.82 Å². The number of hydrogen-bond acceptors (Lipinski definition) is 5. The quantitative estimate of drug-likeness (QED) is 0.702. The van der Waals surface area contributed by atoms with Gasteiger partial charge in [-0.3, -0.25) is 24.0 Å². The summed E-state index contributed by atoms with van der Waals surface area (Å²) in [5.41, 5.74) is 5.19. The highest BCUT2D eigenvalue weighted by Crippen LogP contribution is 2.19. The Kier molecular flexibility index (Phi) is 8.76. The second-order valence-electron chi connectivity index (χ2n) is 7.59. The first-order valence-corrected chi connectivity index (χ1v) is 10.6. The van der Waals surface area contributed by atoms with Gasteiger partial charge in [0.15, 0.2) is 5.69 Å². The van der Waals surface area contributed by atoms with E-state index in [1.165, 1.54) is 28.7 Å². The van der Waals surface area contributed by atoms with Gasteiger partial charge in [-0.25, -0.2) is 4.79 Å². The molecule has 158 valence electrons. The van der Waals surface area contributed by atoms with Gasteiger partial charge in [-0.2, -0.15) is 0 Å². The molecular weight excluding hydrogens is 358 g/mol. The van der Waals surface area contributed by atoms with Gasteiger partial charge in [0.2, 0.25) is 5.91 Å². The monoisotopic (exact) mass is 393 g/mol. The van der Waals surface area contributed by atoms with Crippen molar-refractivity contribution in [2.45, 2.75) is 71.8 Å². The summed E-state index contributed by atoms with van der Waals surface area (Å²) in [6, 6.07) is 0. The van der Waals surface area contributed by atoms with Crippen LogP contribution in [-0.4, -0.2) is 46.5 Å². The Labute approximate surface area is 166 Å². The third-order valence-corrected chi connectivity index (χ3v) is 5.28. The Bertz CT molecular complexity index is 747. The van der Waals surface area contributed by atoms with E-state index in [0.29, 0.717) is 19.5 Å². The maximum atomic E-state index is 13.2. The topological polar surface area (TPSA) is 104 Å². The van der Waals surface area contributed by atoms with Gasteiger partial charge in [-0.15, -0.1) is 0 Å². The molecule has 1 fully saturated rings. The molecule has 1 aliphatic rings. The van der Waals surface area contributed by atoms with Gasteiger partial charge in [0.05, 0.1) is 6.54 Å². The molecule has 1 saturated heterocycles. The SMILES string of the molecule is CCCCN(C(=O)CN1CCCCCCC1)c1c(N)n(CCC)c(=O)[nH]c1=O. The Morgan fingerprint density at radius 3 is 2.32 bits per heavy atom. The Morgan fingerprint density at radius 2 is 1.71 bits per heavy atom. The van der Waals surface area contributed by atoms with E-state index in [0.717, 1.165) is 38.8 Å². The minimum absolute atomic E-state index is 0.0766. The molecule has 28 heavy (non-hydrogen) atoms. The molecule has 0 radical (unpaired) electrons. The summed E-state index contributed by atoms with van der Waals surface area (Å²) in [7, 11) is 0. The van der Waals surface area contributed by atoms with Gasteiger partial charge in [0, 0.05) is 13.1 Å². The van der Waals surface area contributed by atoms with Crippen molar-refractivity contribution in [3.63, 3.8) is 0 Å². The molecule has 0 spiro atoms. The molecule has 1 aromatic heterocycles. The van der Waals surface area contributed by atoms with Crippen LogP contribution in [-0.2, 0) is 11.3 Å². The van der Waals surface area contributed by atoms with Crippen LogP contribution in [0.25, 0.3) is 0 Å². The average Bonchev–Trinajstić information content (AvgIpc) is 2.63. The number of aromatic amines is 1. The minimum atomic E-state index is -0.591. The van der Waals surface area contributed by atoms with Gasteiger partial charge in [-0.05, 0) is 38.8 Å². The zero-order valence-electron chi connectivity index (χ0n) is 17.3. The highest BCUT2D eigenvalue weighted by molar-refractivity contribution is 5.96. The number of H-pyrrole nitrogens is 1. The molecule has 8 nitrogen and oxygen atoms in total. The van der Waals surface area contributed by atoms with E-state index >= 15 is 0 Å². The number of hydrogen-bond donors (Lipinski definition) is 2. The predicted molar refractivity (Wildman–Crippen MR) is 113 cm³/mol. The van der Waals surface area contributed by atoms with E-state index in [2.05, 4.69) is 9.88 Å². The molecule has 0 aliphatic carbocycles. The number of unbranched alkanes of at least 4 members (excludes halogenated alkanes) is 1. The van der Waals surface area contributed by atoms with Crippen LogP contribution < -0.4 is 21.9 Å². The predicted octanol–water partition coefficient (Wildman–Crippen LogP) is 1.93. The van der Waals surface area contributed by atoms with E-state index in [9.17, 15) is 14.4 Å². The van der Waals surface area contributed by atoms with Crippen LogP contribution in [0.3, 0.4) is 0 Å². The van der Waals surface area contributed by atoms with Gasteiger partial charge in [0.25, 0.3) is 5.56 Å². The minimum Gasteiger partial charge on any atom is -0.383 e. The standard InChI is InChI=1S/C20H35N5O3/c1-3-5-14-24(16(26)15-23-12-9-7-6-8-10-13-23)17-18(21)25(11-4-2)20(28)22-19(17)27/h3-15,21H2,1-2H3,(H,22,27,28). The van der Waals surface area contributed by atoms with Crippen LogP contribution in [0.5, 0.6) is 0 Å². The second-order valence-corrected chi connectivity index (χ2v) is 7.59. The highest BCUT2D eigenvalue weighted by Gasteiger charge is 2.25. The first-order valence-electron chi connectivity index (χ1n) is 10.6. The summed E-state index contributed by atoms with van der Waals surface area (Å²) >= 11 is 0. The fraction of sp³-hybridized carbons (Fsp3) is 0.750. The Hall–Kier alpha value is -2.09. The maximum absolute atomic E-state index is 13.2. The molecule has 2 heterocycles. The molecule has 3 N–H and O–H groups in total. The zero-order valence-corrected chi connectivity index (χ0v) is 17.3. The molecule has 1 amide bonds. The van der Waals surface area contributed by atoms with E-state index in [4.69, 9.17) is 5.73 Å². The number of carbonyl (C=O) groups excluding carboxylic acids is 1. The smallest absolute Gasteiger partial charge is 0.330 e. The van der Waals surface area contributed by atoms with Crippen molar-refractivity contribution >= 4 is 17.4 Å². The van der Waals surface area contributed by atoms with Crippen molar-refractivity contribution < 1.29 is 4.79 Å². The molecule has 0 unspecified atom stereocenters. The largest absolute Gasteiger partial charge is 0.383 e. The number of anilines is 2. The summed E-state index contributed by atoms with van der Waals surface area (Å²) in [6.45, 7) is 6.85. The van der Waals surface area contributed by atoms with Crippen molar-refractivity contribution in [1.29, 1.82) is 0 Å². The van der Waals surface area contributed by atoms with E-state index in [1.54, 1.807) is 0 Å². The van der Waals surface area contributed by atoms with E-state index in [-0.39, 0.29) is 24.0 Å². The van der Waals surface area contributed by atoms with Crippen LogP contribution in [0.2, 0.25) is 0 Å². The van der Waals surface area contributed by atoms with Crippen molar-refractivity contribution in [3.05, 3.63) is 20.8 Å². The average molecular weight is 394 g/mol. The van der Waals surface area contributed by atoms with Crippen molar-refractivity contribution in [1.82, 2.24) is 14.5 Å². The fourth-order valence-corrected chi connectivity index (χ4v) is 3.71. The first kappa shape index (κ1) is 22.2. The first-order chi connectivity index (χ1) is 13.5. The highest BCUT2D eigenvalue weighted by atomic mass is 16.2. The van der Waals surface area contributed by atoms with Crippen LogP contribution in [0.1, 0.15) is 65.2 Å². The summed E-state index contributed by atoms with van der Waals surface area (Å²) in [4.78, 5) is 43.8. The van der Waals surface area contributed by atoms with Crippen molar-refractivity contribution in [2.24, 2.45) is 0 Å². The number of nitrogen functional groups attached to an aromatic ring is 1. The zero-order chi connectivity index (χ0) is 20.5. The van der Waals surface area contributed by atoms with Crippen LogP contribution in [0.4, 0.5) is 11.5 Å². The molecule has 0 aromatic carbocycles. The fourth-order valence-electron chi connectivity index (χ4n) is 3.71. The lowest BCUT2D eigenvalue weighted by Gasteiger charge is -2.29.